The Hall–Kier alpha value is -5.68. The SMILES string of the molecule is COc1cc(O)cc(OC)c1C1C2=CCC3C(=O)N(c4ccc(Nc5ccccc5)cc4)C(=O)C3C2CC2C(=O)N(c3ccc(F)c(Cl)c3)C(=O)C21C. The van der Waals surface area contributed by atoms with Gasteiger partial charge in [0, 0.05) is 35.0 Å². The van der Waals surface area contributed by atoms with Gasteiger partial charge in [0.05, 0.1) is 53.8 Å². The van der Waals surface area contributed by atoms with Gasteiger partial charge in [-0.1, -0.05) is 41.4 Å². The van der Waals surface area contributed by atoms with Crippen LogP contribution in [-0.2, 0) is 19.2 Å². The minimum absolute atomic E-state index is 0.103. The highest BCUT2D eigenvalue weighted by Gasteiger charge is 2.68. The van der Waals surface area contributed by atoms with Gasteiger partial charge in [0.1, 0.15) is 23.1 Å². The Bertz CT molecular complexity index is 2200. The maximum Gasteiger partial charge on any atom is 0.241 e. The summed E-state index contributed by atoms with van der Waals surface area (Å²) >= 11 is 6.13. The van der Waals surface area contributed by atoms with Gasteiger partial charge in [-0.2, -0.15) is 0 Å². The van der Waals surface area contributed by atoms with Crippen molar-refractivity contribution in [1.29, 1.82) is 0 Å². The molecule has 2 heterocycles. The van der Waals surface area contributed by atoms with Crippen LogP contribution in [0.15, 0.2) is 96.6 Å². The van der Waals surface area contributed by atoms with Gasteiger partial charge in [-0.3, -0.25) is 24.1 Å². The third kappa shape index (κ3) is 5.20. The largest absolute Gasteiger partial charge is 0.508 e. The number of carbonyl (C=O) groups excluding carboxylic acids is 4. The molecule has 8 rings (SSSR count). The number of nitrogens with zero attached hydrogens (tertiary/aromatic N) is 2. The van der Waals surface area contributed by atoms with Crippen LogP contribution in [0.1, 0.15) is 31.2 Å². The van der Waals surface area contributed by atoms with E-state index < -0.39 is 52.6 Å². The number of carbonyl (C=O) groups is 4. The van der Waals surface area contributed by atoms with E-state index >= 15 is 0 Å². The van der Waals surface area contributed by atoms with Gasteiger partial charge in [0.25, 0.3) is 0 Å². The average Bonchev–Trinajstić information content (AvgIpc) is 3.52. The summed E-state index contributed by atoms with van der Waals surface area (Å²) in [4.78, 5) is 60.3. The third-order valence-electron chi connectivity index (χ3n) is 11.4. The fraction of sp³-hybridized carbons (Fsp3) is 0.268. The van der Waals surface area contributed by atoms with Gasteiger partial charge in [-0.05, 0) is 80.3 Å². The molecule has 0 spiro atoms. The van der Waals surface area contributed by atoms with Crippen LogP contribution in [0.4, 0.5) is 27.1 Å². The normalized spacial score (nSPS) is 26.2. The van der Waals surface area contributed by atoms with Crippen LogP contribution < -0.4 is 24.6 Å². The molecule has 2 aliphatic heterocycles. The smallest absolute Gasteiger partial charge is 0.241 e. The molecule has 3 fully saturated rings. The number of allylic oxidation sites excluding steroid dienone is 2. The number of ether oxygens (including phenoxy) is 2. The number of amides is 4. The van der Waals surface area contributed by atoms with Gasteiger partial charge >= 0.3 is 0 Å². The Morgan fingerprint density at radius 2 is 1.45 bits per heavy atom. The zero-order chi connectivity index (χ0) is 37.3. The van der Waals surface area contributed by atoms with E-state index in [9.17, 15) is 28.7 Å². The summed E-state index contributed by atoms with van der Waals surface area (Å²) in [5.74, 6) is -6.15. The predicted molar refractivity (Wildman–Crippen MR) is 196 cm³/mol. The Morgan fingerprint density at radius 3 is 2.09 bits per heavy atom. The van der Waals surface area contributed by atoms with Gasteiger partial charge < -0.3 is 19.9 Å². The Kier molecular flexibility index (Phi) is 8.29. The average molecular weight is 736 g/mol. The Morgan fingerprint density at radius 1 is 0.811 bits per heavy atom. The van der Waals surface area contributed by atoms with E-state index in [1.807, 2.05) is 36.4 Å². The number of phenolic OH excluding ortho intramolecular Hbond substituents is 1. The van der Waals surface area contributed by atoms with Crippen molar-refractivity contribution in [2.45, 2.75) is 25.7 Å². The van der Waals surface area contributed by atoms with E-state index in [2.05, 4.69) is 5.32 Å². The molecule has 10 nitrogen and oxygen atoms in total. The summed E-state index contributed by atoms with van der Waals surface area (Å²) in [6.45, 7) is 1.71. The molecule has 4 amide bonds. The summed E-state index contributed by atoms with van der Waals surface area (Å²) in [6.07, 6.45) is 2.25. The second-order valence-electron chi connectivity index (χ2n) is 14.1. The number of nitrogens with one attached hydrogen (secondary N) is 1. The molecule has 2 N–H and O–H groups in total. The first-order chi connectivity index (χ1) is 25.5. The molecule has 4 aromatic carbocycles. The fourth-order valence-corrected chi connectivity index (χ4v) is 9.21. The van der Waals surface area contributed by atoms with Crippen molar-refractivity contribution < 1.29 is 38.1 Å². The number of para-hydroxylation sites is 1. The zero-order valence-electron chi connectivity index (χ0n) is 29.0. The van der Waals surface area contributed by atoms with Crippen molar-refractivity contribution in [3.63, 3.8) is 0 Å². The molecular weight excluding hydrogens is 701 g/mol. The summed E-state index contributed by atoms with van der Waals surface area (Å²) < 4.78 is 25.8. The monoisotopic (exact) mass is 735 g/mol. The first-order valence-electron chi connectivity index (χ1n) is 17.3. The number of aromatic hydroxyl groups is 1. The van der Waals surface area contributed by atoms with Crippen LogP contribution in [-0.4, -0.2) is 43.0 Å². The molecule has 6 unspecified atom stereocenters. The van der Waals surface area contributed by atoms with Crippen LogP contribution in [0.25, 0.3) is 0 Å². The number of rotatable bonds is 7. The molecule has 0 bridgehead atoms. The highest BCUT2D eigenvalue weighted by atomic mass is 35.5. The number of anilines is 4. The molecule has 12 heteroatoms. The van der Waals surface area contributed by atoms with Crippen molar-refractivity contribution in [3.8, 4) is 17.2 Å². The number of phenols is 1. The van der Waals surface area contributed by atoms with Gasteiger partial charge in [0.15, 0.2) is 0 Å². The van der Waals surface area contributed by atoms with Crippen molar-refractivity contribution in [2.75, 3.05) is 29.3 Å². The lowest BCUT2D eigenvalue weighted by Gasteiger charge is -2.49. The number of hydrogen-bond acceptors (Lipinski definition) is 8. The molecule has 270 valence electrons. The van der Waals surface area contributed by atoms with E-state index in [-0.39, 0.29) is 52.6 Å². The Labute approximate surface area is 309 Å². The van der Waals surface area contributed by atoms with Crippen LogP contribution >= 0.6 is 11.6 Å². The van der Waals surface area contributed by atoms with E-state index in [1.165, 1.54) is 43.4 Å². The predicted octanol–water partition coefficient (Wildman–Crippen LogP) is 7.38. The van der Waals surface area contributed by atoms with E-state index in [0.29, 0.717) is 16.8 Å². The zero-order valence-corrected chi connectivity index (χ0v) is 29.8. The minimum atomic E-state index is -1.45. The lowest BCUT2D eigenvalue weighted by atomic mass is 9.51. The first-order valence-corrected chi connectivity index (χ1v) is 17.6. The second kappa shape index (κ2) is 12.8. The van der Waals surface area contributed by atoms with Crippen LogP contribution in [0.2, 0.25) is 5.02 Å². The van der Waals surface area contributed by atoms with Crippen molar-refractivity contribution >= 4 is 58.0 Å². The number of imide groups is 2. The third-order valence-corrected chi connectivity index (χ3v) is 11.7. The van der Waals surface area contributed by atoms with Crippen molar-refractivity contribution in [1.82, 2.24) is 0 Å². The number of benzene rings is 4. The number of hydrogen-bond donors (Lipinski definition) is 2. The quantitative estimate of drug-likeness (QED) is 0.149. The topological polar surface area (TPSA) is 125 Å². The van der Waals surface area contributed by atoms with Crippen molar-refractivity contribution in [3.05, 3.63) is 113 Å². The molecule has 2 aliphatic carbocycles. The van der Waals surface area contributed by atoms with E-state index in [0.717, 1.165) is 22.3 Å². The maximum absolute atomic E-state index is 14.8. The molecular formula is C41H35ClFN3O7. The lowest BCUT2D eigenvalue weighted by Crippen LogP contribution is -2.49. The molecule has 53 heavy (non-hydrogen) atoms. The summed E-state index contributed by atoms with van der Waals surface area (Å²) in [5.41, 5.74) is 1.90. The fourth-order valence-electron chi connectivity index (χ4n) is 9.04. The molecule has 2 saturated heterocycles. The molecule has 1 saturated carbocycles. The van der Waals surface area contributed by atoms with E-state index in [4.69, 9.17) is 21.1 Å². The van der Waals surface area contributed by atoms with Crippen molar-refractivity contribution in [2.24, 2.45) is 29.1 Å². The molecule has 6 atom stereocenters. The summed E-state index contributed by atoms with van der Waals surface area (Å²) in [5, 5.41) is 13.6. The molecule has 4 aromatic rings. The standard InChI is InChI=1S/C41H35ClFN3O7/c1-41-29(38(49)46(40(41)51)24-13-16-31(43)30(42)17-24)20-28-26(36(41)35-32(52-2)18-25(47)19-33(35)53-3)14-15-27-34(28)39(50)45(37(27)48)23-11-9-22(10-12-23)44-21-7-5-4-6-8-21/h4-14,16-19,27-29,34,36,44,47H,15,20H2,1-3H3. The second-order valence-corrected chi connectivity index (χ2v) is 14.5. The summed E-state index contributed by atoms with van der Waals surface area (Å²) in [6, 6.07) is 23.2. The van der Waals surface area contributed by atoms with Gasteiger partial charge in [0.2, 0.25) is 23.6 Å². The molecule has 0 radical (unpaired) electrons. The number of methoxy groups -OCH3 is 2. The van der Waals surface area contributed by atoms with Crippen LogP contribution in [0, 0.1) is 34.9 Å². The lowest BCUT2D eigenvalue weighted by molar-refractivity contribution is -0.131. The van der Waals surface area contributed by atoms with E-state index in [1.54, 1.807) is 31.2 Å². The van der Waals surface area contributed by atoms with Gasteiger partial charge in [-0.15, -0.1) is 0 Å². The molecule has 4 aliphatic rings. The highest BCUT2D eigenvalue weighted by molar-refractivity contribution is 6.32. The van der Waals surface area contributed by atoms with Crippen LogP contribution in [0.5, 0.6) is 17.2 Å². The number of halogens is 2. The maximum atomic E-state index is 14.8. The Balaban J connectivity index is 1.22. The summed E-state index contributed by atoms with van der Waals surface area (Å²) in [7, 11) is 2.85. The highest BCUT2D eigenvalue weighted by Crippen LogP contribution is 2.66. The van der Waals surface area contributed by atoms with Gasteiger partial charge in [-0.25, -0.2) is 9.29 Å². The van der Waals surface area contributed by atoms with Crippen LogP contribution in [0.3, 0.4) is 0 Å². The first kappa shape index (κ1) is 34.4. The number of fused-ring (bicyclic) bond motifs is 4. The minimum Gasteiger partial charge on any atom is -0.508 e. The molecule has 0 aromatic heterocycles.